The molecule has 2 radical (unpaired) electrons. The van der Waals surface area contributed by atoms with Gasteiger partial charge in [-0.05, 0) is 0 Å². The summed E-state index contributed by atoms with van der Waals surface area (Å²) in [5.41, 5.74) is 0. The van der Waals surface area contributed by atoms with E-state index in [0.717, 1.165) is 0 Å². The van der Waals surface area contributed by atoms with Gasteiger partial charge in [-0.25, -0.2) is 0 Å². The van der Waals surface area contributed by atoms with E-state index in [-0.39, 0.29) is 0 Å². The van der Waals surface area contributed by atoms with Crippen molar-refractivity contribution in [1.29, 1.82) is 0 Å². The van der Waals surface area contributed by atoms with Crippen molar-refractivity contribution in [3.63, 3.8) is 0 Å². The van der Waals surface area contributed by atoms with Crippen LogP contribution in [-0.2, 0) is 0 Å². The summed E-state index contributed by atoms with van der Waals surface area (Å²) < 4.78 is 4.88. The second-order valence-electron chi connectivity index (χ2n) is 22.3. The third-order valence-corrected chi connectivity index (χ3v) is 115. The Kier molecular flexibility index (Phi) is 14.9. The van der Waals surface area contributed by atoms with Crippen LogP contribution in [0.2, 0.25) is 184 Å². The zero-order chi connectivity index (χ0) is 32.9. The van der Waals surface area contributed by atoms with E-state index in [1.807, 2.05) is 0 Å². The fourth-order valence-electron chi connectivity index (χ4n) is 10.8. The molecule has 0 nitrogen and oxygen atoms in total. The number of hydrogen-bond donors (Lipinski definition) is 0. The SMILES string of the molecule is C[Si](C)(C)[CH]([Ge]([CH2][CH2][Ge]([CH]([Si](C)(C)C)[Si](C)(C)C)[CH]([Si](C)(C)C)[Si](C)(C)C)[CH]([Si](C)(C)C)[Si](C)(C)C)[Si](C)(C)C. The van der Waals surface area contributed by atoms with Gasteiger partial charge in [-0.2, -0.15) is 0 Å². The average Bonchev–Trinajstić information content (AvgIpc) is 2.48. The molecule has 0 rings (SSSR count). The van der Waals surface area contributed by atoms with Crippen LogP contribution in [0.4, 0.5) is 0 Å². The van der Waals surface area contributed by atoms with Crippen LogP contribution >= 0.6 is 0 Å². The van der Waals surface area contributed by atoms with Crippen LogP contribution < -0.4 is 0 Å². The molecule has 240 valence electrons. The molecule has 0 saturated carbocycles. The molecule has 0 amide bonds. The van der Waals surface area contributed by atoms with E-state index in [0.29, 0.717) is 0 Å². The molecule has 0 bridgehead atoms. The van der Waals surface area contributed by atoms with Crippen molar-refractivity contribution in [3.05, 3.63) is 0 Å². The average molecular weight is 811 g/mol. The van der Waals surface area contributed by atoms with Gasteiger partial charge in [-0.15, -0.1) is 0 Å². The van der Waals surface area contributed by atoms with E-state index < -0.39 is 93.3 Å². The molecule has 0 atom stereocenters. The van der Waals surface area contributed by atoms with Crippen molar-refractivity contribution in [2.45, 2.75) is 184 Å². The van der Waals surface area contributed by atoms with Crippen LogP contribution in [0.15, 0.2) is 0 Å². The molecule has 0 aliphatic heterocycles. The number of rotatable bonds is 15. The van der Waals surface area contributed by atoms with Crippen molar-refractivity contribution < 1.29 is 0 Å². The van der Waals surface area contributed by atoms with Crippen LogP contribution in [0.5, 0.6) is 0 Å². The van der Waals surface area contributed by atoms with Gasteiger partial charge in [0.1, 0.15) is 0 Å². The summed E-state index contributed by atoms with van der Waals surface area (Å²) in [7, 11) is -9.96. The fourth-order valence-corrected chi connectivity index (χ4v) is 149. The zero-order valence-electron chi connectivity index (χ0n) is 32.7. The molecule has 0 aliphatic rings. The third-order valence-electron chi connectivity index (χ3n) is 9.11. The molecule has 0 heterocycles. The molecule has 0 N–H and O–H groups in total. The van der Waals surface area contributed by atoms with Gasteiger partial charge in [0.2, 0.25) is 0 Å². The first-order valence-electron chi connectivity index (χ1n) is 16.7. The Balaban J connectivity index is 7.56. The molecular formula is C30H80Ge2Si8. The monoisotopic (exact) mass is 812 g/mol. The third kappa shape index (κ3) is 12.5. The number of hydrogen-bond acceptors (Lipinski definition) is 0. The fraction of sp³-hybridized carbons (Fsp3) is 1.00. The van der Waals surface area contributed by atoms with Gasteiger partial charge in [0.05, 0.1) is 0 Å². The molecule has 0 aromatic carbocycles. The van der Waals surface area contributed by atoms with Gasteiger partial charge in [-0.1, -0.05) is 0 Å². The van der Waals surface area contributed by atoms with Gasteiger partial charge in [0.25, 0.3) is 0 Å². The molecule has 0 fully saturated rings. The van der Waals surface area contributed by atoms with E-state index in [1.165, 1.54) is 16.0 Å². The molecule has 0 saturated heterocycles. The van der Waals surface area contributed by atoms with Crippen molar-refractivity contribution in [2.24, 2.45) is 0 Å². The molecular weight excluding hydrogens is 730 g/mol. The first-order chi connectivity index (χ1) is 17.0. The quantitative estimate of drug-likeness (QED) is 0.145. The Labute approximate surface area is 274 Å². The van der Waals surface area contributed by atoms with Crippen LogP contribution in [0.3, 0.4) is 0 Å². The maximum absolute atomic E-state index is 2.81. The van der Waals surface area contributed by atoms with Gasteiger partial charge in [0.15, 0.2) is 0 Å². The van der Waals surface area contributed by atoms with Gasteiger partial charge < -0.3 is 0 Å². The van der Waals surface area contributed by atoms with Crippen molar-refractivity contribution in [1.82, 2.24) is 0 Å². The Morgan fingerprint density at radius 1 is 0.250 bits per heavy atom. The van der Waals surface area contributed by atoms with Gasteiger partial charge in [-0.3, -0.25) is 0 Å². The topological polar surface area (TPSA) is 0 Å². The first kappa shape index (κ1) is 42.8. The summed E-state index contributed by atoms with van der Waals surface area (Å²) >= 11 is -2.73. The predicted octanol–water partition coefficient (Wildman–Crippen LogP) is 12.5. The molecule has 0 spiro atoms. The molecule has 0 aromatic rings. The standard InChI is InChI=1S/C30H80Ge2Si8/c1-33(2,3)27(34(4,5)6)31(28(35(7,8)9)36(10,11)12)25-26-32(29(37(13,14)15)38(16,17)18)30(39(19,20)21)40(22,23)24/h27-30H,25-26H2,1-24H3. The van der Waals surface area contributed by atoms with Gasteiger partial charge >= 0.3 is 277 Å². The molecule has 0 aromatic heterocycles. The summed E-state index contributed by atoms with van der Waals surface area (Å²) in [6.07, 6.45) is 0. The molecule has 0 aliphatic carbocycles. The Bertz CT molecular complexity index is 603. The maximum atomic E-state index is 2.81. The van der Waals surface area contributed by atoms with Crippen molar-refractivity contribution in [2.75, 3.05) is 0 Å². The summed E-state index contributed by atoms with van der Waals surface area (Å²) in [5.74, 6) is 0. The van der Waals surface area contributed by atoms with Crippen LogP contribution in [0, 0.1) is 0 Å². The van der Waals surface area contributed by atoms with Crippen molar-refractivity contribution >= 4 is 93.3 Å². The van der Waals surface area contributed by atoms with E-state index in [2.05, 4.69) is 157 Å². The molecule has 0 unspecified atom stereocenters. The van der Waals surface area contributed by atoms with Crippen LogP contribution in [0.1, 0.15) is 0 Å². The van der Waals surface area contributed by atoms with Crippen molar-refractivity contribution in [3.8, 4) is 0 Å². The Morgan fingerprint density at radius 3 is 0.425 bits per heavy atom. The minimum atomic E-state index is -1.36. The van der Waals surface area contributed by atoms with Gasteiger partial charge in [0, 0.05) is 0 Å². The first-order valence-corrected chi connectivity index (χ1v) is 53.1. The summed E-state index contributed by atoms with van der Waals surface area (Å²) in [6.45, 7) is 67.5. The second kappa shape index (κ2) is 13.9. The predicted molar refractivity (Wildman–Crippen MR) is 223 cm³/mol. The zero-order valence-corrected chi connectivity index (χ0v) is 44.9. The second-order valence-corrected chi connectivity index (χ2v) is 88.6. The molecule has 10 heteroatoms. The summed E-state index contributed by atoms with van der Waals surface area (Å²) in [5, 5.41) is 3.56. The summed E-state index contributed by atoms with van der Waals surface area (Å²) in [6, 6.07) is 0. The van der Waals surface area contributed by atoms with E-state index in [4.69, 9.17) is 0 Å². The molecule has 40 heavy (non-hydrogen) atoms. The minimum absolute atomic E-state index is 1.22. The van der Waals surface area contributed by atoms with E-state index in [1.54, 1.807) is 10.5 Å². The van der Waals surface area contributed by atoms with E-state index >= 15 is 0 Å². The Morgan fingerprint density at radius 2 is 0.350 bits per heavy atom. The van der Waals surface area contributed by atoms with Crippen LogP contribution in [0.25, 0.3) is 0 Å². The van der Waals surface area contributed by atoms with Crippen LogP contribution in [-0.4, -0.2) is 93.3 Å². The van der Waals surface area contributed by atoms with E-state index in [9.17, 15) is 0 Å². The summed E-state index contributed by atoms with van der Waals surface area (Å²) in [4.78, 5) is 0. The Hall–Kier alpha value is 2.82. The normalized spacial score (nSPS) is 16.1.